The maximum absolute atomic E-state index is 3.63. The highest BCUT2D eigenvalue weighted by Crippen LogP contribution is 2.33. The first-order valence-corrected chi connectivity index (χ1v) is 5.97. The predicted octanol–water partition coefficient (Wildman–Crippen LogP) is 3.12. The number of fused-ring (bicyclic) bond motifs is 1. The molecular formula is C11H17NS. The molecule has 0 fully saturated rings. The van der Waals surface area contributed by atoms with Gasteiger partial charge in [-0.05, 0) is 36.3 Å². The van der Waals surface area contributed by atoms with Gasteiger partial charge in [-0.25, -0.2) is 0 Å². The second-order valence-corrected chi connectivity index (χ2v) is 5.07. The van der Waals surface area contributed by atoms with Gasteiger partial charge in [0.1, 0.15) is 0 Å². The summed E-state index contributed by atoms with van der Waals surface area (Å²) >= 11 is 1.92. The third-order valence-corrected chi connectivity index (χ3v) is 3.58. The number of rotatable bonds is 2. The van der Waals surface area contributed by atoms with Crippen molar-refractivity contribution < 1.29 is 0 Å². The highest BCUT2D eigenvalue weighted by Gasteiger charge is 2.20. The fourth-order valence-corrected chi connectivity index (χ4v) is 3.05. The van der Waals surface area contributed by atoms with Gasteiger partial charge in [0.15, 0.2) is 0 Å². The van der Waals surface area contributed by atoms with Crippen LogP contribution < -0.4 is 5.32 Å². The lowest BCUT2D eigenvalue weighted by atomic mass is 9.93. The zero-order valence-corrected chi connectivity index (χ0v) is 9.16. The Morgan fingerprint density at radius 3 is 3.15 bits per heavy atom. The molecule has 1 N–H and O–H groups in total. The summed E-state index contributed by atoms with van der Waals surface area (Å²) in [5.74, 6) is 0. The van der Waals surface area contributed by atoms with Crippen molar-refractivity contribution in [2.45, 2.75) is 45.2 Å². The van der Waals surface area contributed by atoms with Gasteiger partial charge in [0.25, 0.3) is 0 Å². The minimum absolute atomic E-state index is 0.593. The molecule has 1 nitrogen and oxygen atoms in total. The molecule has 0 saturated carbocycles. The fraction of sp³-hybridized carbons (Fsp3) is 0.636. The topological polar surface area (TPSA) is 12.0 Å². The monoisotopic (exact) mass is 195 g/mol. The Labute approximate surface area is 84.2 Å². The van der Waals surface area contributed by atoms with E-state index in [1.165, 1.54) is 19.3 Å². The molecule has 0 spiro atoms. The first-order chi connectivity index (χ1) is 6.27. The van der Waals surface area contributed by atoms with E-state index in [1.54, 1.807) is 10.4 Å². The van der Waals surface area contributed by atoms with Gasteiger partial charge in [0.2, 0.25) is 0 Å². The van der Waals surface area contributed by atoms with Crippen LogP contribution in [0.25, 0.3) is 0 Å². The van der Waals surface area contributed by atoms with Gasteiger partial charge >= 0.3 is 0 Å². The molecule has 1 aromatic heterocycles. The van der Waals surface area contributed by atoms with Crippen LogP contribution in [0.4, 0.5) is 0 Å². The largest absolute Gasteiger partial charge is 0.308 e. The van der Waals surface area contributed by atoms with Crippen LogP contribution in [0.2, 0.25) is 0 Å². The summed E-state index contributed by atoms with van der Waals surface area (Å²) in [5.41, 5.74) is 1.56. The first kappa shape index (κ1) is 9.22. The summed E-state index contributed by atoms with van der Waals surface area (Å²) in [7, 11) is 0. The number of aryl methyl sites for hydroxylation is 1. The van der Waals surface area contributed by atoms with Gasteiger partial charge in [-0.2, -0.15) is 0 Å². The normalized spacial score (nSPS) is 21.9. The summed E-state index contributed by atoms with van der Waals surface area (Å²) < 4.78 is 0. The third kappa shape index (κ3) is 1.94. The lowest BCUT2D eigenvalue weighted by Crippen LogP contribution is -2.29. The Balaban J connectivity index is 2.15. The molecule has 1 unspecified atom stereocenters. The lowest BCUT2D eigenvalue weighted by Gasteiger charge is -2.25. The molecule has 0 saturated heterocycles. The molecule has 1 heterocycles. The van der Waals surface area contributed by atoms with E-state index in [1.807, 2.05) is 11.3 Å². The van der Waals surface area contributed by atoms with Gasteiger partial charge in [0, 0.05) is 17.0 Å². The number of hydrogen-bond donors (Lipinski definition) is 1. The summed E-state index contributed by atoms with van der Waals surface area (Å²) in [6.07, 6.45) is 3.95. The molecule has 1 atom stereocenters. The summed E-state index contributed by atoms with van der Waals surface area (Å²) in [6.45, 7) is 4.45. The van der Waals surface area contributed by atoms with E-state index in [2.05, 4.69) is 30.6 Å². The second kappa shape index (κ2) is 3.81. The van der Waals surface area contributed by atoms with Gasteiger partial charge in [-0.1, -0.05) is 13.8 Å². The molecule has 0 aromatic carbocycles. The molecule has 0 amide bonds. The van der Waals surface area contributed by atoms with Crippen LogP contribution in [0.3, 0.4) is 0 Å². The molecule has 2 heteroatoms. The predicted molar refractivity (Wildman–Crippen MR) is 58.3 cm³/mol. The summed E-state index contributed by atoms with van der Waals surface area (Å²) in [5, 5.41) is 5.86. The highest BCUT2D eigenvalue weighted by atomic mass is 32.1. The molecule has 1 aliphatic carbocycles. The molecular weight excluding hydrogens is 178 g/mol. The average molecular weight is 195 g/mol. The Hall–Kier alpha value is -0.340. The van der Waals surface area contributed by atoms with Crippen LogP contribution in [0.1, 0.15) is 43.2 Å². The molecule has 2 rings (SSSR count). The maximum Gasteiger partial charge on any atom is 0.0333 e. The Kier molecular flexibility index (Phi) is 2.70. The van der Waals surface area contributed by atoms with Gasteiger partial charge in [0.05, 0.1) is 0 Å². The molecule has 1 aromatic rings. The van der Waals surface area contributed by atoms with Crippen molar-refractivity contribution in [1.29, 1.82) is 0 Å². The molecule has 1 aliphatic rings. The van der Waals surface area contributed by atoms with Crippen molar-refractivity contribution >= 4 is 11.3 Å². The van der Waals surface area contributed by atoms with Crippen LogP contribution in [-0.4, -0.2) is 6.04 Å². The molecule has 0 bridgehead atoms. The first-order valence-electron chi connectivity index (χ1n) is 5.09. The van der Waals surface area contributed by atoms with Crippen molar-refractivity contribution in [1.82, 2.24) is 5.32 Å². The summed E-state index contributed by atoms with van der Waals surface area (Å²) in [4.78, 5) is 1.60. The Morgan fingerprint density at radius 1 is 1.54 bits per heavy atom. The molecule has 72 valence electrons. The van der Waals surface area contributed by atoms with Crippen LogP contribution in [-0.2, 0) is 6.42 Å². The smallest absolute Gasteiger partial charge is 0.0333 e. The maximum atomic E-state index is 3.63. The van der Waals surface area contributed by atoms with E-state index in [-0.39, 0.29) is 0 Å². The molecule has 0 radical (unpaired) electrons. The van der Waals surface area contributed by atoms with E-state index in [9.17, 15) is 0 Å². The van der Waals surface area contributed by atoms with Crippen LogP contribution in [0, 0.1) is 0 Å². The van der Waals surface area contributed by atoms with E-state index < -0.39 is 0 Å². The van der Waals surface area contributed by atoms with Crippen molar-refractivity contribution in [2.75, 3.05) is 0 Å². The van der Waals surface area contributed by atoms with Gasteiger partial charge in [-0.15, -0.1) is 11.3 Å². The molecule has 0 aliphatic heterocycles. The lowest BCUT2D eigenvalue weighted by molar-refractivity contribution is 0.426. The van der Waals surface area contributed by atoms with Crippen LogP contribution in [0.5, 0.6) is 0 Å². The van der Waals surface area contributed by atoms with Crippen molar-refractivity contribution in [3.8, 4) is 0 Å². The molecule has 13 heavy (non-hydrogen) atoms. The van der Waals surface area contributed by atoms with Crippen molar-refractivity contribution in [2.24, 2.45) is 0 Å². The quantitative estimate of drug-likeness (QED) is 0.764. The van der Waals surface area contributed by atoms with Crippen LogP contribution in [0.15, 0.2) is 11.4 Å². The summed E-state index contributed by atoms with van der Waals surface area (Å²) in [6, 6.07) is 3.50. The minimum atomic E-state index is 0.593. The standard InChI is InChI=1S/C11H17NS/c1-8(2)12-10-4-3-5-11-9(10)6-7-13-11/h6-8,10,12H,3-5H2,1-2H3. The zero-order valence-electron chi connectivity index (χ0n) is 8.34. The van der Waals surface area contributed by atoms with Crippen molar-refractivity contribution in [3.05, 3.63) is 21.9 Å². The number of thiophene rings is 1. The van der Waals surface area contributed by atoms with Crippen LogP contribution >= 0.6 is 11.3 Å². The Bertz CT molecular complexity index is 277. The second-order valence-electron chi connectivity index (χ2n) is 4.07. The van der Waals surface area contributed by atoms with E-state index in [4.69, 9.17) is 0 Å². The number of nitrogens with one attached hydrogen (secondary N) is 1. The fourth-order valence-electron chi connectivity index (χ4n) is 2.06. The van der Waals surface area contributed by atoms with E-state index >= 15 is 0 Å². The SMILES string of the molecule is CC(C)NC1CCCc2sccc21. The van der Waals surface area contributed by atoms with Gasteiger partial charge < -0.3 is 5.32 Å². The Morgan fingerprint density at radius 2 is 2.38 bits per heavy atom. The van der Waals surface area contributed by atoms with Crippen molar-refractivity contribution in [3.63, 3.8) is 0 Å². The van der Waals surface area contributed by atoms with Gasteiger partial charge in [-0.3, -0.25) is 0 Å². The zero-order chi connectivity index (χ0) is 9.26. The minimum Gasteiger partial charge on any atom is -0.308 e. The average Bonchev–Trinajstić information content (AvgIpc) is 2.51. The third-order valence-electron chi connectivity index (χ3n) is 2.59. The highest BCUT2D eigenvalue weighted by molar-refractivity contribution is 7.10. The van der Waals surface area contributed by atoms with E-state index in [0.717, 1.165) is 0 Å². The van der Waals surface area contributed by atoms with E-state index in [0.29, 0.717) is 12.1 Å². The number of hydrogen-bond acceptors (Lipinski definition) is 2.